The van der Waals surface area contributed by atoms with Gasteiger partial charge in [-0.3, -0.25) is 4.79 Å². The average molecular weight is 239 g/mol. The Balaban J connectivity index is 2.21. The zero-order valence-electron chi connectivity index (χ0n) is 10.5. The van der Waals surface area contributed by atoms with Gasteiger partial charge in [0.05, 0.1) is 6.33 Å². The third-order valence-corrected chi connectivity index (χ3v) is 2.71. The lowest BCUT2D eigenvalue weighted by Gasteiger charge is -2.23. The van der Waals surface area contributed by atoms with E-state index in [-0.39, 0.29) is 17.9 Å². The van der Waals surface area contributed by atoms with E-state index in [9.17, 15) is 4.79 Å². The number of aliphatic hydroxyl groups is 1. The van der Waals surface area contributed by atoms with Crippen LogP contribution < -0.4 is 5.32 Å². The summed E-state index contributed by atoms with van der Waals surface area (Å²) in [6.07, 6.45) is 6.37. The van der Waals surface area contributed by atoms with Gasteiger partial charge in [-0.05, 0) is 11.8 Å². The van der Waals surface area contributed by atoms with Gasteiger partial charge in [0, 0.05) is 38.5 Å². The fourth-order valence-electron chi connectivity index (χ4n) is 1.47. The molecule has 1 heterocycles. The van der Waals surface area contributed by atoms with Crippen molar-refractivity contribution in [2.75, 3.05) is 13.2 Å². The van der Waals surface area contributed by atoms with Gasteiger partial charge in [0.15, 0.2) is 0 Å². The molecule has 0 saturated carbocycles. The van der Waals surface area contributed by atoms with E-state index in [1.54, 1.807) is 12.5 Å². The minimum Gasteiger partial charge on any atom is -0.396 e. The molecule has 5 nitrogen and oxygen atoms in total. The molecule has 1 aromatic rings. The molecule has 2 N–H and O–H groups in total. The molecule has 0 aromatic carbocycles. The van der Waals surface area contributed by atoms with Crippen LogP contribution in [0.2, 0.25) is 0 Å². The van der Waals surface area contributed by atoms with Crippen LogP contribution in [-0.4, -0.2) is 33.7 Å². The summed E-state index contributed by atoms with van der Waals surface area (Å²) in [7, 11) is 0. The van der Waals surface area contributed by atoms with Gasteiger partial charge in [0.25, 0.3) is 0 Å². The minimum absolute atomic E-state index is 0.0321. The number of aliphatic hydroxyl groups excluding tert-OH is 1. The first-order chi connectivity index (χ1) is 8.03. The monoisotopic (exact) mass is 239 g/mol. The van der Waals surface area contributed by atoms with Crippen LogP contribution in [0.4, 0.5) is 0 Å². The highest BCUT2D eigenvalue weighted by Crippen LogP contribution is 2.17. The number of hydrogen-bond donors (Lipinski definition) is 2. The number of imidazole rings is 1. The van der Waals surface area contributed by atoms with Gasteiger partial charge in [0.2, 0.25) is 5.91 Å². The second-order valence-corrected chi connectivity index (χ2v) is 4.97. The number of carbonyl (C=O) groups is 1. The number of nitrogens with zero attached hydrogens (tertiary/aromatic N) is 2. The van der Waals surface area contributed by atoms with Gasteiger partial charge in [-0.1, -0.05) is 13.8 Å². The molecule has 96 valence electrons. The molecule has 0 aliphatic heterocycles. The number of carbonyl (C=O) groups excluding carboxylic acids is 1. The Morgan fingerprint density at radius 2 is 2.29 bits per heavy atom. The maximum atomic E-state index is 11.6. The number of amides is 1. The number of rotatable bonds is 7. The van der Waals surface area contributed by atoms with Crippen molar-refractivity contribution in [3.8, 4) is 0 Å². The predicted octanol–water partition coefficient (Wildman–Crippen LogP) is 0.798. The molecule has 0 bridgehead atoms. The van der Waals surface area contributed by atoms with Crippen LogP contribution in [0.3, 0.4) is 0 Å². The molecular weight excluding hydrogens is 218 g/mol. The maximum absolute atomic E-state index is 11.6. The van der Waals surface area contributed by atoms with Gasteiger partial charge >= 0.3 is 0 Å². The van der Waals surface area contributed by atoms with Crippen LogP contribution >= 0.6 is 0 Å². The Morgan fingerprint density at radius 3 is 2.88 bits per heavy atom. The van der Waals surface area contributed by atoms with Gasteiger partial charge < -0.3 is 15.0 Å². The van der Waals surface area contributed by atoms with E-state index in [1.165, 1.54) is 0 Å². The Hall–Kier alpha value is -1.36. The molecule has 0 saturated heterocycles. The highest BCUT2D eigenvalue weighted by molar-refractivity contribution is 5.75. The molecule has 0 aliphatic rings. The lowest BCUT2D eigenvalue weighted by atomic mass is 9.90. The highest BCUT2D eigenvalue weighted by Gasteiger charge is 2.17. The third-order valence-electron chi connectivity index (χ3n) is 2.71. The quantitative estimate of drug-likeness (QED) is 0.739. The van der Waals surface area contributed by atoms with Crippen molar-refractivity contribution in [2.45, 2.75) is 33.2 Å². The van der Waals surface area contributed by atoms with Crippen LogP contribution in [0, 0.1) is 5.41 Å². The molecule has 1 amide bonds. The summed E-state index contributed by atoms with van der Waals surface area (Å²) < 4.78 is 1.87. The van der Waals surface area contributed by atoms with Crippen LogP contribution in [-0.2, 0) is 11.3 Å². The molecule has 17 heavy (non-hydrogen) atoms. The first kappa shape index (κ1) is 13.7. The second kappa shape index (κ2) is 6.39. The molecule has 0 aliphatic carbocycles. The van der Waals surface area contributed by atoms with Crippen molar-refractivity contribution >= 4 is 5.91 Å². The summed E-state index contributed by atoms with van der Waals surface area (Å²) in [6, 6.07) is 0. The predicted molar refractivity (Wildman–Crippen MR) is 65.3 cm³/mol. The summed E-state index contributed by atoms with van der Waals surface area (Å²) in [5.74, 6) is 0.0321. The van der Waals surface area contributed by atoms with E-state index < -0.39 is 0 Å². The first-order valence-electron chi connectivity index (χ1n) is 5.87. The van der Waals surface area contributed by atoms with E-state index in [0.717, 1.165) is 0 Å². The number of nitrogens with one attached hydrogen (secondary N) is 1. The van der Waals surface area contributed by atoms with Crippen molar-refractivity contribution in [1.29, 1.82) is 0 Å². The number of aromatic nitrogens is 2. The van der Waals surface area contributed by atoms with E-state index in [4.69, 9.17) is 5.11 Å². The SMILES string of the molecule is CC(C)(CCO)CNC(=O)CCn1ccnc1. The van der Waals surface area contributed by atoms with E-state index in [1.807, 2.05) is 24.6 Å². The van der Waals surface area contributed by atoms with Crippen molar-refractivity contribution in [3.05, 3.63) is 18.7 Å². The van der Waals surface area contributed by atoms with Gasteiger partial charge in [-0.15, -0.1) is 0 Å². The zero-order valence-corrected chi connectivity index (χ0v) is 10.5. The molecule has 0 fully saturated rings. The van der Waals surface area contributed by atoms with Crippen molar-refractivity contribution in [3.63, 3.8) is 0 Å². The summed E-state index contributed by atoms with van der Waals surface area (Å²) in [5.41, 5.74) is -0.0561. The highest BCUT2D eigenvalue weighted by atomic mass is 16.3. The normalized spacial score (nSPS) is 11.5. The van der Waals surface area contributed by atoms with E-state index >= 15 is 0 Å². The van der Waals surface area contributed by atoms with Gasteiger partial charge in [-0.2, -0.15) is 0 Å². The Kier molecular flexibility index (Phi) is 5.15. The maximum Gasteiger partial charge on any atom is 0.221 e. The van der Waals surface area contributed by atoms with Crippen LogP contribution in [0.1, 0.15) is 26.7 Å². The lowest BCUT2D eigenvalue weighted by Crippen LogP contribution is -2.34. The fraction of sp³-hybridized carbons (Fsp3) is 0.667. The molecule has 5 heteroatoms. The fourth-order valence-corrected chi connectivity index (χ4v) is 1.47. The Bertz CT molecular complexity index is 334. The molecule has 1 aromatic heterocycles. The Labute approximate surface area is 102 Å². The molecule has 0 atom stereocenters. The standard InChI is InChI=1S/C12H21N3O2/c1-12(2,4-8-16)9-14-11(17)3-6-15-7-5-13-10-15/h5,7,10,16H,3-4,6,8-9H2,1-2H3,(H,14,17). The topological polar surface area (TPSA) is 67.2 Å². The molecule has 1 rings (SSSR count). The van der Waals surface area contributed by atoms with E-state index in [2.05, 4.69) is 10.3 Å². The van der Waals surface area contributed by atoms with Gasteiger partial charge in [-0.25, -0.2) is 4.98 Å². The van der Waals surface area contributed by atoms with Crippen molar-refractivity contribution < 1.29 is 9.90 Å². The van der Waals surface area contributed by atoms with Crippen LogP contribution in [0.25, 0.3) is 0 Å². The van der Waals surface area contributed by atoms with Crippen molar-refractivity contribution in [1.82, 2.24) is 14.9 Å². The number of aryl methyl sites for hydroxylation is 1. The first-order valence-corrected chi connectivity index (χ1v) is 5.87. The summed E-state index contributed by atoms with van der Waals surface area (Å²) in [5, 5.41) is 11.8. The largest absolute Gasteiger partial charge is 0.396 e. The summed E-state index contributed by atoms with van der Waals surface area (Å²) >= 11 is 0. The summed E-state index contributed by atoms with van der Waals surface area (Å²) in [4.78, 5) is 15.5. The third kappa shape index (κ3) is 5.49. The average Bonchev–Trinajstić information content (AvgIpc) is 2.76. The molecule has 0 unspecified atom stereocenters. The number of hydrogen-bond acceptors (Lipinski definition) is 3. The smallest absolute Gasteiger partial charge is 0.221 e. The minimum atomic E-state index is -0.0561. The van der Waals surface area contributed by atoms with Crippen LogP contribution in [0.5, 0.6) is 0 Å². The molecule has 0 spiro atoms. The summed E-state index contributed by atoms with van der Waals surface area (Å²) in [6.45, 7) is 5.44. The molecular formula is C12H21N3O2. The second-order valence-electron chi connectivity index (χ2n) is 4.97. The van der Waals surface area contributed by atoms with Gasteiger partial charge in [0.1, 0.15) is 0 Å². The molecule has 0 radical (unpaired) electrons. The Morgan fingerprint density at radius 1 is 1.53 bits per heavy atom. The lowest BCUT2D eigenvalue weighted by molar-refractivity contribution is -0.121. The zero-order chi connectivity index (χ0) is 12.7. The van der Waals surface area contributed by atoms with E-state index in [0.29, 0.717) is 25.9 Å². The van der Waals surface area contributed by atoms with Crippen molar-refractivity contribution in [2.24, 2.45) is 5.41 Å². The van der Waals surface area contributed by atoms with Crippen LogP contribution in [0.15, 0.2) is 18.7 Å².